The number of anilines is 2. The summed E-state index contributed by atoms with van der Waals surface area (Å²) in [7, 11) is 0. The van der Waals surface area contributed by atoms with Gasteiger partial charge in [-0.15, -0.1) is 10.2 Å². The summed E-state index contributed by atoms with van der Waals surface area (Å²) in [5.74, 6) is 0.174. The highest BCUT2D eigenvalue weighted by Gasteiger charge is 2.22. The summed E-state index contributed by atoms with van der Waals surface area (Å²) in [4.78, 5) is 25.6. The second-order valence-corrected chi connectivity index (χ2v) is 6.95. The van der Waals surface area contributed by atoms with Gasteiger partial charge in [0.1, 0.15) is 0 Å². The van der Waals surface area contributed by atoms with Crippen molar-refractivity contribution in [2.75, 3.05) is 22.5 Å². The zero-order valence-electron chi connectivity index (χ0n) is 14.2. The number of thioether (sulfide) groups is 1. The Labute approximate surface area is 154 Å². The highest BCUT2D eigenvalue weighted by atomic mass is 32.2. The number of benzene rings is 1. The Kier molecular flexibility index (Phi) is 4.34. The maximum absolute atomic E-state index is 12.3. The van der Waals surface area contributed by atoms with E-state index in [1.54, 1.807) is 11.8 Å². The normalized spacial score (nSPS) is 13.0. The first kappa shape index (κ1) is 16.6. The lowest BCUT2D eigenvalue weighted by atomic mass is 10.1. The zero-order chi connectivity index (χ0) is 18.1. The number of nitrogens with zero attached hydrogens (tertiary/aromatic N) is 4. The summed E-state index contributed by atoms with van der Waals surface area (Å²) in [6.45, 7) is 2.26. The van der Waals surface area contributed by atoms with Gasteiger partial charge in [0, 0.05) is 31.0 Å². The number of hydrogen-bond donors (Lipinski definition) is 1. The lowest BCUT2D eigenvalue weighted by molar-refractivity contribution is -0.116. The molecule has 0 saturated heterocycles. The van der Waals surface area contributed by atoms with E-state index in [1.165, 1.54) is 11.8 Å². The molecular weight excluding hydrogens is 350 g/mol. The van der Waals surface area contributed by atoms with Gasteiger partial charge in [-0.3, -0.25) is 14.0 Å². The average molecular weight is 367 g/mol. The van der Waals surface area contributed by atoms with Crippen molar-refractivity contribution in [3.63, 3.8) is 0 Å². The summed E-state index contributed by atoms with van der Waals surface area (Å²) in [5.41, 5.74) is 3.50. The van der Waals surface area contributed by atoms with Crippen LogP contribution in [0.25, 0.3) is 5.65 Å². The van der Waals surface area contributed by atoms with Crippen LogP contribution in [-0.4, -0.2) is 38.7 Å². The van der Waals surface area contributed by atoms with E-state index in [4.69, 9.17) is 0 Å². The average Bonchev–Trinajstić information content (AvgIpc) is 3.23. The molecule has 1 aliphatic heterocycles. The first-order chi connectivity index (χ1) is 12.6. The van der Waals surface area contributed by atoms with Crippen molar-refractivity contribution in [2.45, 2.75) is 18.5 Å². The molecule has 1 N–H and O–H groups in total. The van der Waals surface area contributed by atoms with Gasteiger partial charge in [-0.2, -0.15) is 0 Å². The maximum Gasteiger partial charge on any atom is 0.234 e. The second kappa shape index (κ2) is 6.80. The van der Waals surface area contributed by atoms with Crippen molar-refractivity contribution < 1.29 is 9.59 Å². The Morgan fingerprint density at radius 3 is 2.96 bits per heavy atom. The highest BCUT2D eigenvalue weighted by molar-refractivity contribution is 7.99. The van der Waals surface area contributed by atoms with E-state index in [9.17, 15) is 9.59 Å². The van der Waals surface area contributed by atoms with E-state index in [-0.39, 0.29) is 17.6 Å². The van der Waals surface area contributed by atoms with Crippen molar-refractivity contribution in [1.82, 2.24) is 14.6 Å². The molecule has 0 radical (unpaired) electrons. The second-order valence-electron chi connectivity index (χ2n) is 6.01. The number of pyridine rings is 1. The van der Waals surface area contributed by atoms with E-state index in [0.29, 0.717) is 11.7 Å². The molecule has 2 amide bonds. The molecule has 0 unspecified atom stereocenters. The molecule has 7 nitrogen and oxygen atoms in total. The third-order valence-corrected chi connectivity index (χ3v) is 5.20. The molecule has 0 bridgehead atoms. The van der Waals surface area contributed by atoms with E-state index in [0.717, 1.165) is 29.0 Å². The molecule has 4 rings (SSSR count). The predicted molar refractivity (Wildman–Crippen MR) is 101 cm³/mol. The molecule has 2 aromatic heterocycles. The summed E-state index contributed by atoms with van der Waals surface area (Å²) < 4.78 is 1.85. The van der Waals surface area contributed by atoms with Crippen molar-refractivity contribution in [2.24, 2.45) is 0 Å². The maximum atomic E-state index is 12.3. The molecular formula is C18H17N5O2S. The molecule has 0 spiro atoms. The van der Waals surface area contributed by atoms with E-state index in [2.05, 4.69) is 15.5 Å². The molecule has 0 saturated carbocycles. The Hall–Kier alpha value is -2.87. The smallest absolute Gasteiger partial charge is 0.234 e. The zero-order valence-corrected chi connectivity index (χ0v) is 15.0. The minimum Gasteiger partial charge on any atom is -0.325 e. The molecule has 1 aliphatic rings. The van der Waals surface area contributed by atoms with Gasteiger partial charge in [-0.1, -0.05) is 17.8 Å². The molecule has 3 aromatic rings. The topological polar surface area (TPSA) is 79.6 Å². The van der Waals surface area contributed by atoms with Crippen LogP contribution in [0.15, 0.2) is 47.8 Å². The van der Waals surface area contributed by atoms with Crippen LogP contribution in [0.3, 0.4) is 0 Å². The summed E-state index contributed by atoms with van der Waals surface area (Å²) in [6, 6.07) is 11.3. The Morgan fingerprint density at radius 2 is 2.12 bits per heavy atom. The summed E-state index contributed by atoms with van der Waals surface area (Å²) in [6.07, 6.45) is 2.68. The van der Waals surface area contributed by atoms with Crippen LogP contribution in [-0.2, 0) is 16.0 Å². The molecule has 1 aromatic carbocycles. The number of fused-ring (bicyclic) bond motifs is 2. The minimum absolute atomic E-state index is 0.0393. The van der Waals surface area contributed by atoms with E-state index >= 15 is 0 Å². The van der Waals surface area contributed by atoms with Gasteiger partial charge in [-0.05, 0) is 42.3 Å². The predicted octanol–water partition coefficient (Wildman–Crippen LogP) is 2.37. The van der Waals surface area contributed by atoms with Crippen molar-refractivity contribution in [1.29, 1.82) is 0 Å². The lowest BCUT2D eigenvalue weighted by Crippen LogP contribution is -2.25. The van der Waals surface area contributed by atoms with Crippen LogP contribution >= 0.6 is 11.8 Å². The third kappa shape index (κ3) is 3.15. The Balaban J connectivity index is 1.40. The number of nitrogens with one attached hydrogen (secondary N) is 1. The number of carbonyl (C=O) groups excluding carboxylic acids is 2. The fourth-order valence-corrected chi connectivity index (χ4v) is 3.78. The largest absolute Gasteiger partial charge is 0.325 e. The van der Waals surface area contributed by atoms with Crippen LogP contribution in [0, 0.1) is 0 Å². The summed E-state index contributed by atoms with van der Waals surface area (Å²) in [5, 5.41) is 11.8. The molecule has 0 aliphatic carbocycles. The van der Waals surface area contributed by atoms with Crippen LogP contribution in [0.2, 0.25) is 0 Å². The molecule has 8 heteroatoms. The van der Waals surface area contributed by atoms with Gasteiger partial charge >= 0.3 is 0 Å². The molecule has 26 heavy (non-hydrogen) atoms. The summed E-state index contributed by atoms with van der Waals surface area (Å²) >= 11 is 1.34. The van der Waals surface area contributed by atoms with E-state index in [1.807, 2.05) is 47.0 Å². The highest BCUT2D eigenvalue weighted by Crippen LogP contribution is 2.30. The van der Waals surface area contributed by atoms with Gasteiger partial charge in [0.2, 0.25) is 11.8 Å². The quantitative estimate of drug-likeness (QED) is 0.716. The molecule has 3 heterocycles. The van der Waals surface area contributed by atoms with E-state index < -0.39 is 0 Å². The molecule has 0 atom stereocenters. The molecule has 132 valence electrons. The standard InChI is InChI=1S/C18H17N5O2S/c1-12(24)22-9-7-13-10-14(5-6-15(13)22)19-17(25)11-26-18-21-20-16-4-2-3-8-23(16)18/h2-6,8,10H,7,9,11H2,1H3,(H,19,25). The van der Waals surface area contributed by atoms with Gasteiger partial charge in [0.15, 0.2) is 10.8 Å². The Morgan fingerprint density at radius 1 is 1.23 bits per heavy atom. The van der Waals surface area contributed by atoms with Crippen LogP contribution in [0.1, 0.15) is 12.5 Å². The molecule has 0 fully saturated rings. The van der Waals surface area contributed by atoms with Gasteiger partial charge in [0.05, 0.1) is 5.75 Å². The van der Waals surface area contributed by atoms with Gasteiger partial charge in [0.25, 0.3) is 0 Å². The first-order valence-corrected chi connectivity index (χ1v) is 9.24. The minimum atomic E-state index is -0.107. The fourth-order valence-electron chi connectivity index (χ4n) is 3.05. The number of aromatic nitrogens is 3. The number of rotatable bonds is 4. The Bertz CT molecular complexity index is 1000. The monoisotopic (exact) mass is 367 g/mol. The lowest BCUT2D eigenvalue weighted by Gasteiger charge is -2.15. The third-order valence-electron chi connectivity index (χ3n) is 4.25. The fraction of sp³-hybridized carbons (Fsp3) is 0.222. The van der Waals surface area contributed by atoms with Gasteiger partial charge < -0.3 is 10.2 Å². The SMILES string of the molecule is CC(=O)N1CCc2cc(NC(=O)CSc3nnc4ccccn34)ccc21. The number of amides is 2. The van der Waals surface area contributed by atoms with Crippen molar-refractivity contribution >= 4 is 40.6 Å². The number of carbonyl (C=O) groups is 2. The van der Waals surface area contributed by atoms with Crippen LogP contribution in [0.4, 0.5) is 11.4 Å². The first-order valence-electron chi connectivity index (χ1n) is 8.25. The number of hydrogen-bond acceptors (Lipinski definition) is 5. The van der Waals surface area contributed by atoms with Gasteiger partial charge in [-0.25, -0.2) is 0 Å². The van der Waals surface area contributed by atoms with Crippen molar-refractivity contribution in [3.8, 4) is 0 Å². The van der Waals surface area contributed by atoms with Crippen molar-refractivity contribution in [3.05, 3.63) is 48.2 Å². The van der Waals surface area contributed by atoms with Crippen LogP contribution in [0.5, 0.6) is 0 Å². The van der Waals surface area contributed by atoms with Crippen LogP contribution < -0.4 is 10.2 Å².